The Hall–Kier alpha value is -0.610. The van der Waals surface area contributed by atoms with Crippen LogP contribution in [0.5, 0.6) is 0 Å². The predicted octanol–water partition coefficient (Wildman–Crippen LogP) is 2.07. The molecule has 1 unspecified atom stereocenters. The van der Waals surface area contributed by atoms with E-state index in [2.05, 4.69) is 26.1 Å². The van der Waals surface area contributed by atoms with E-state index in [4.69, 9.17) is 10.5 Å². The number of nitrogens with one attached hydrogen (secondary N) is 1. The standard InChI is InChI=1S/C15H30N2O2/c1-11(2)9-17-14(18)13(4)19-15(10-16)7-5-12(3)6-8-15/h11-13H,5-10,16H2,1-4H3,(H,17,18). The molecule has 4 nitrogen and oxygen atoms in total. The molecule has 1 aliphatic carbocycles. The van der Waals surface area contributed by atoms with Gasteiger partial charge in [0.25, 0.3) is 0 Å². The van der Waals surface area contributed by atoms with Gasteiger partial charge in [-0.3, -0.25) is 4.79 Å². The number of carbonyl (C=O) groups is 1. The van der Waals surface area contributed by atoms with E-state index in [1.165, 1.54) is 0 Å². The summed E-state index contributed by atoms with van der Waals surface area (Å²) in [6, 6.07) is 0. The average molecular weight is 270 g/mol. The molecule has 0 aliphatic heterocycles. The van der Waals surface area contributed by atoms with E-state index in [-0.39, 0.29) is 11.5 Å². The first-order chi connectivity index (χ1) is 8.88. The molecule has 0 bridgehead atoms. The summed E-state index contributed by atoms with van der Waals surface area (Å²) in [4.78, 5) is 12.0. The molecular formula is C15H30N2O2. The van der Waals surface area contributed by atoms with Crippen LogP contribution in [0.15, 0.2) is 0 Å². The van der Waals surface area contributed by atoms with E-state index >= 15 is 0 Å². The van der Waals surface area contributed by atoms with Crippen molar-refractivity contribution in [1.29, 1.82) is 0 Å². The van der Waals surface area contributed by atoms with Crippen LogP contribution >= 0.6 is 0 Å². The number of ether oxygens (including phenoxy) is 1. The Morgan fingerprint density at radius 2 is 1.95 bits per heavy atom. The molecule has 1 rings (SSSR count). The molecule has 0 heterocycles. The predicted molar refractivity (Wildman–Crippen MR) is 77.8 cm³/mol. The van der Waals surface area contributed by atoms with Gasteiger partial charge in [-0.1, -0.05) is 20.8 Å². The highest BCUT2D eigenvalue weighted by Gasteiger charge is 2.36. The third-order valence-corrected chi connectivity index (χ3v) is 4.04. The van der Waals surface area contributed by atoms with Gasteiger partial charge in [0, 0.05) is 13.1 Å². The van der Waals surface area contributed by atoms with Gasteiger partial charge in [0.05, 0.1) is 5.60 Å². The van der Waals surface area contributed by atoms with Gasteiger partial charge in [0.1, 0.15) is 6.10 Å². The fourth-order valence-corrected chi connectivity index (χ4v) is 2.54. The molecule has 0 aromatic rings. The van der Waals surface area contributed by atoms with Gasteiger partial charge < -0.3 is 15.8 Å². The van der Waals surface area contributed by atoms with Crippen LogP contribution in [0.2, 0.25) is 0 Å². The number of rotatable bonds is 6. The monoisotopic (exact) mass is 270 g/mol. The maximum atomic E-state index is 12.0. The molecule has 3 N–H and O–H groups in total. The van der Waals surface area contributed by atoms with Gasteiger partial charge in [0.2, 0.25) is 5.91 Å². The van der Waals surface area contributed by atoms with Gasteiger partial charge in [0.15, 0.2) is 0 Å². The Labute approximate surface area is 117 Å². The Bertz CT molecular complexity index is 284. The van der Waals surface area contributed by atoms with Crippen molar-refractivity contribution in [2.75, 3.05) is 13.1 Å². The van der Waals surface area contributed by atoms with Crippen molar-refractivity contribution in [2.45, 2.75) is 65.1 Å². The van der Waals surface area contributed by atoms with Crippen LogP contribution in [0.4, 0.5) is 0 Å². The summed E-state index contributed by atoms with van der Waals surface area (Å²) in [6.07, 6.45) is 3.78. The lowest BCUT2D eigenvalue weighted by molar-refractivity contribution is -0.150. The zero-order chi connectivity index (χ0) is 14.5. The summed E-state index contributed by atoms with van der Waals surface area (Å²) in [6.45, 7) is 9.44. The number of nitrogens with two attached hydrogens (primary N) is 1. The highest BCUT2D eigenvalue weighted by molar-refractivity contribution is 5.80. The lowest BCUT2D eigenvalue weighted by atomic mass is 9.79. The lowest BCUT2D eigenvalue weighted by Gasteiger charge is -2.40. The van der Waals surface area contributed by atoms with Gasteiger partial charge in [-0.15, -0.1) is 0 Å². The maximum absolute atomic E-state index is 12.0. The highest BCUT2D eigenvalue weighted by atomic mass is 16.5. The summed E-state index contributed by atoms with van der Waals surface area (Å²) < 4.78 is 6.03. The summed E-state index contributed by atoms with van der Waals surface area (Å²) in [7, 11) is 0. The van der Waals surface area contributed by atoms with Crippen LogP contribution in [-0.4, -0.2) is 30.7 Å². The van der Waals surface area contributed by atoms with Crippen molar-refractivity contribution in [3.8, 4) is 0 Å². The van der Waals surface area contributed by atoms with E-state index in [0.717, 1.165) is 31.6 Å². The molecule has 19 heavy (non-hydrogen) atoms. The zero-order valence-corrected chi connectivity index (χ0v) is 12.9. The first kappa shape index (κ1) is 16.4. The summed E-state index contributed by atoms with van der Waals surface area (Å²) >= 11 is 0. The molecule has 1 saturated carbocycles. The van der Waals surface area contributed by atoms with Gasteiger partial charge in [-0.2, -0.15) is 0 Å². The largest absolute Gasteiger partial charge is 0.361 e. The first-order valence-electron chi connectivity index (χ1n) is 7.54. The smallest absolute Gasteiger partial charge is 0.248 e. The highest BCUT2D eigenvalue weighted by Crippen LogP contribution is 2.34. The zero-order valence-electron chi connectivity index (χ0n) is 12.9. The second-order valence-corrected chi connectivity index (χ2v) is 6.47. The lowest BCUT2D eigenvalue weighted by Crippen LogP contribution is -2.49. The van der Waals surface area contributed by atoms with E-state index in [1.807, 2.05) is 6.92 Å². The third-order valence-electron chi connectivity index (χ3n) is 4.04. The molecule has 1 atom stereocenters. The average Bonchev–Trinajstić information content (AvgIpc) is 2.38. The minimum Gasteiger partial charge on any atom is -0.361 e. The molecule has 0 aromatic heterocycles. The van der Waals surface area contributed by atoms with Gasteiger partial charge in [-0.25, -0.2) is 0 Å². The van der Waals surface area contributed by atoms with Crippen LogP contribution in [0, 0.1) is 11.8 Å². The van der Waals surface area contributed by atoms with Crippen LogP contribution in [0.25, 0.3) is 0 Å². The summed E-state index contributed by atoms with van der Waals surface area (Å²) in [5, 5.41) is 2.92. The number of amides is 1. The van der Waals surface area contributed by atoms with Crippen molar-refractivity contribution in [1.82, 2.24) is 5.32 Å². The number of hydrogen-bond acceptors (Lipinski definition) is 3. The summed E-state index contributed by atoms with van der Waals surface area (Å²) in [5.41, 5.74) is 5.61. The minimum atomic E-state index is -0.421. The molecular weight excluding hydrogens is 240 g/mol. The molecule has 0 radical (unpaired) electrons. The third kappa shape index (κ3) is 5.11. The topological polar surface area (TPSA) is 64.3 Å². The Balaban J connectivity index is 2.48. The molecule has 0 saturated heterocycles. The Morgan fingerprint density at radius 1 is 1.37 bits per heavy atom. The van der Waals surface area contributed by atoms with E-state index in [1.54, 1.807) is 0 Å². The SMILES string of the molecule is CC(C)CNC(=O)C(C)OC1(CN)CCC(C)CC1. The normalized spacial score (nSPS) is 29.3. The van der Waals surface area contributed by atoms with E-state index in [9.17, 15) is 4.79 Å². The van der Waals surface area contributed by atoms with Gasteiger partial charge in [-0.05, 0) is 44.4 Å². The number of carbonyl (C=O) groups excluding carboxylic acids is 1. The molecule has 112 valence electrons. The fourth-order valence-electron chi connectivity index (χ4n) is 2.54. The second kappa shape index (κ2) is 7.25. The Kier molecular flexibility index (Phi) is 6.27. The van der Waals surface area contributed by atoms with Crippen molar-refractivity contribution in [3.05, 3.63) is 0 Å². The molecule has 1 aliphatic rings. The summed E-state index contributed by atoms with van der Waals surface area (Å²) in [5.74, 6) is 1.17. The molecule has 0 aromatic carbocycles. The molecule has 1 fully saturated rings. The minimum absolute atomic E-state index is 0.0276. The quantitative estimate of drug-likeness (QED) is 0.776. The van der Waals surface area contributed by atoms with Crippen LogP contribution < -0.4 is 11.1 Å². The second-order valence-electron chi connectivity index (χ2n) is 6.47. The van der Waals surface area contributed by atoms with Crippen molar-refractivity contribution >= 4 is 5.91 Å². The van der Waals surface area contributed by atoms with Crippen LogP contribution in [-0.2, 0) is 9.53 Å². The molecule has 0 spiro atoms. The molecule has 4 heteroatoms. The van der Waals surface area contributed by atoms with Crippen LogP contribution in [0.1, 0.15) is 53.4 Å². The number of hydrogen-bond donors (Lipinski definition) is 2. The van der Waals surface area contributed by atoms with Crippen molar-refractivity contribution in [2.24, 2.45) is 17.6 Å². The fraction of sp³-hybridized carbons (Fsp3) is 0.933. The van der Waals surface area contributed by atoms with E-state index in [0.29, 0.717) is 19.0 Å². The van der Waals surface area contributed by atoms with Crippen molar-refractivity contribution in [3.63, 3.8) is 0 Å². The van der Waals surface area contributed by atoms with Crippen LogP contribution in [0.3, 0.4) is 0 Å². The Morgan fingerprint density at radius 3 is 2.42 bits per heavy atom. The first-order valence-corrected chi connectivity index (χ1v) is 7.54. The maximum Gasteiger partial charge on any atom is 0.248 e. The van der Waals surface area contributed by atoms with Crippen molar-refractivity contribution < 1.29 is 9.53 Å². The molecule has 1 amide bonds. The van der Waals surface area contributed by atoms with Gasteiger partial charge >= 0.3 is 0 Å². The van der Waals surface area contributed by atoms with E-state index < -0.39 is 6.10 Å².